The SMILES string of the molecule is CCC[C@@H](C)COc1ccc([N+](=O)[O-])cc1. The lowest BCUT2D eigenvalue weighted by Gasteiger charge is -2.11. The van der Waals surface area contributed by atoms with Crippen LogP contribution in [-0.2, 0) is 0 Å². The summed E-state index contributed by atoms with van der Waals surface area (Å²) in [6.45, 7) is 4.93. The van der Waals surface area contributed by atoms with Gasteiger partial charge in [-0.25, -0.2) is 0 Å². The Morgan fingerprint density at radius 1 is 1.38 bits per heavy atom. The van der Waals surface area contributed by atoms with Gasteiger partial charge in [0.25, 0.3) is 5.69 Å². The first kappa shape index (κ1) is 12.5. The minimum absolute atomic E-state index is 0.0916. The van der Waals surface area contributed by atoms with Gasteiger partial charge in [-0.05, 0) is 24.5 Å². The molecule has 0 amide bonds. The lowest BCUT2D eigenvalue weighted by Crippen LogP contribution is -2.08. The van der Waals surface area contributed by atoms with E-state index in [9.17, 15) is 10.1 Å². The van der Waals surface area contributed by atoms with Crippen molar-refractivity contribution in [3.63, 3.8) is 0 Å². The van der Waals surface area contributed by atoms with Crippen LogP contribution in [0.25, 0.3) is 0 Å². The Morgan fingerprint density at radius 2 is 2.00 bits per heavy atom. The standard InChI is InChI=1S/C12H17NO3/c1-3-4-10(2)9-16-12-7-5-11(6-8-12)13(14)15/h5-8,10H,3-4,9H2,1-2H3/t10-/m1/s1. The lowest BCUT2D eigenvalue weighted by molar-refractivity contribution is -0.384. The Bertz CT molecular complexity index is 335. The summed E-state index contributed by atoms with van der Waals surface area (Å²) >= 11 is 0. The molecule has 1 aromatic carbocycles. The van der Waals surface area contributed by atoms with E-state index in [1.165, 1.54) is 12.1 Å². The second-order valence-electron chi connectivity index (χ2n) is 3.96. The average molecular weight is 223 g/mol. The second kappa shape index (κ2) is 6.10. The van der Waals surface area contributed by atoms with Gasteiger partial charge in [-0.15, -0.1) is 0 Å². The van der Waals surface area contributed by atoms with Crippen molar-refractivity contribution in [3.8, 4) is 5.75 Å². The average Bonchev–Trinajstić information content (AvgIpc) is 2.27. The van der Waals surface area contributed by atoms with Crippen LogP contribution in [0.2, 0.25) is 0 Å². The van der Waals surface area contributed by atoms with Gasteiger partial charge in [0.05, 0.1) is 11.5 Å². The number of hydrogen-bond donors (Lipinski definition) is 0. The van der Waals surface area contributed by atoms with E-state index in [2.05, 4.69) is 13.8 Å². The minimum Gasteiger partial charge on any atom is -0.493 e. The first-order chi connectivity index (χ1) is 7.63. The predicted octanol–water partition coefficient (Wildman–Crippen LogP) is 3.41. The molecule has 0 N–H and O–H groups in total. The zero-order chi connectivity index (χ0) is 12.0. The zero-order valence-electron chi connectivity index (χ0n) is 9.68. The minimum atomic E-state index is -0.413. The molecule has 1 rings (SSSR count). The molecule has 0 unspecified atom stereocenters. The lowest BCUT2D eigenvalue weighted by atomic mass is 10.1. The Morgan fingerprint density at radius 3 is 2.50 bits per heavy atom. The van der Waals surface area contributed by atoms with E-state index in [1.807, 2.05) is 0 Å². The van der Waals surface area contributed by atoms with Crippen LogP contribution >= 0.6 is 0 Å². The van der Waals surface area contributed by atoms with Crippen LogP contribution in [0.1, 0.15) is 26.7 Å². The number of non-ortho nitro benzene ring substituents is 1. The Hall–Kier alpha value is -1.58. The van der Waals surface area contributed by atoms with E-state index in [-0.39, 0.29) is 5.69 Å². The number of ether oxygens (including phenoxy) is 1. The fourth-order valence-electron chi connectivity index (χ4n) is 1.48. The molecule has 0 spiro atoms. The fraction of sp³-hybridized carbons (Fsp3) is 0.500. The van der Waals surface area contributed by atoms with Crippen LogP contribution in [0, 0.1) is 16.0 Å². The summed E-state index contributed by atoms with van der Waals surface area (Å²) in [6, 6.07) is 6.19. The number of nitrogens with zero attached hydrogens (tertiary/aromatic N) is 1. The van der Waals surface area contributed by atoms with E-state index in [4.69, 9.17) is 4.74 Å². The van der Waals surface area contributed by atoms with E-state index in [0.717, 1.165) is 12.8 Å². The van der Waals surface area contributed by atoms with E-state index in [0.29, 0.717) is 18.3 Å². The molecule has 4 heteroatoms. The van der Waals surface area contributed by atoms with Gasteiger partial charge in [0, 0.05) is 12.1 Å². The van der Waals surface area contributed by atoms with Gasteiger partial charge in [0.15, 0.2) is 0 Å². The van der Waals surface area contributed by atoms with Crippen molar-refractivity contribution in [2.45, 2.75) is 26.7 Å². The van der Waals surface area contributed by atoms with Crippen LogP contribution in [0.5, 0.6) is 5.75 Å². The molecule has 1 atom stereocenters. The third-order valence-corrected chi connectivity index (χ3v) is 2.36. The molecular formula is C12H17NO3. The van der Waals surface area contributed by atoms with E-state index < -0.39 is 4.92 Å². The van der Waals surface area contributed by atoms with Crippen LogP contribution in [0.3, 0.4) is 0 Å². The topological polar surface area (TPSA) is 52.4 Å². The number of nitro groups is 1. The maximum atomic E-state index is 10.4. The summed E-state index contributed by atoms with van der Waals surface area (Å²) in [5.74, 6) is 1.20. The molecule has 88 valence electrons. The highest BCUT2D eigenvalue weighted by atomic mass is 16.6. The zero-order valence-corrected chi connectivity index (χ0v) is 9.68. The summed E-state index contributed by atoms with van der Waals surface area (Å²) in [7, 11) is 0. The molecule has 1 aromatic rings. The second-order valence-corrected chi connectivity index (χ2v) is 3.96. The maximum Gasteiger partial charge on any atom is 0.269 e. The van der Waals surface area contributed by atoms with Crippen LogP contribution < -0.4 is 4.74 Å². The molecule has 0 aromatic heterocycles. The molecule has 0 bridgehead atoms. The molecule has 0 heterocycles. The highest BCUT2D eigenvalue weighted by molar-refractivity contribution is 5.35. The van der Waals surface area contributed by atoms with Crippen LogP contribution in [0.4, 0.5) is 5.69 Å². The van der Waals surface area contributed by atoms with Crippen molar-refractivity contribution >= 4 is 5.69 Å². The highest BCUT2D eigenvalue weighted by Gasteiger charge is 2.05. The van der Waals surface area contributed by atoms with Crippen LogP contribution in [0.15, 0.2) is 24.3 Å². The summed E-state index contributed by atoms with van der Waals surface area (Å²) < 4.78 is 5.53. The van der Waals surface area contributed by atoms with Gasteiger partial charge in [-0.2, -0.15) is 0 Å². The largest absolute Gasteiger partial charge is 0.493 e. The molecule has 0 radical (unpaired) electrons. The number of benzene rings is 1. The summed E-state index contributed by atoms with van der Waals surface area (Å²) in [5.41, 5.74) is 0.0916. The summed E-state index contributed by atoms with van der Waals surface area (Å²) in [4.78, 5) is 10.0. The predicted molar refractivity (Wildman–Crippen MR) is 62.7 cm³/mol. The molecule has 0 aliphatic heterocycles. The fourth-order valence-corrected chi connectivity index (χ4v) is 1.48. The number of rotatable bonds is 6. The van der Waals surface area contributed by atoms with Gasteiger partial charge in [-0.3, -0.25) is 10.1 Å². The summed E-state index contributed by atoms with van der Waals surface area (Å²) in [5, 5.41) is 10.4. The van der Waals surface area contributed by atoms with E-state index >= 15 is 0 Å². The highest BCUT2D eigenvalue weighted by Crippen LogP contribution is 2.18. The maximum absolute atomic E-state index is 10.4. The molecule has 4 nitrogen and oxygen atoms in total. The monoisotopic (exact) mass is 223 g/mol. The Balaban J connectivity index is 2.46. The molecule has 16 heavy (non-hydrogen) atoms. The molecule has 0 aliphatic rings. The molecule has 0 saturated heterocycles. The number of hydrogen-bond acceptors (Lipinski definition) is 3. The van der Waals surface area contributed by atoms with Gasteiger partial charge in [0.1, 0.15) is 5.75 Å². The van der Waals surface area contributed by atoms with Crippen molar-refractivity contribution in [3.05, 3.63) is 34.4 Å². The van der Waals surface area contributed by atoms with Crippen molar-refractivity contribution in [1.29, 1.82) is 0 Å². The third-order valence-electron chi connectivity index (χ3n) is 2.36. The quantitative estimate of drug-likeness (QED) is 0.548. The first-order valence-corrected chi connectivity index (χ1v) is 5.50. The molecule has 0 aliphatic carbocycles. The van der Waals surface area contributed by atoms with Crippen molar-refractivity contribution in [1.82, 2.24) is 0 Å². The van der Waals surface area contributed by atoms with E-state index in [1.54, 1.807) is 12.1 Å². The third kappa shape index (κ3) is 3.88. The Kier molecular flexibility index (Phi) is 4.76. The smallest absolute Gasteiger partial charge is 0.269 e. The van der Waals surface area contributed by atoms with Crippen molar-refractivity contribution in [2.24, 2.45) is 5.92 Å². The van der Waals surface area contributed by atoms with Gasteiger partial charge in [0.2, 0.25) is 0 Å². The van der Waals surface area contributed by atoms with Gasteiger partial charge in [-0.1, -0.05) is 20.3 Å². The molecule has 0 fully saturated rings. The van der Waals surface area contributed by atoms with Crippen LogP contribution in [-0.4, -0.2) is 11.5 Å². The first-order valence-electron chi connectivity index (χ1n) is 5.50. The number of nitro benzene ring substituents is 1. The van der Waals surface area contributed by atoms with Gasteiger partial charge >= 0.3 is 0 Å². The Labute approximate surface area is 95.4 Å². The summed E-state index contributed by atoms with van der Waals surface area (Å²) in [6.07, 6.45) is 2.28. The van der Waals surface area contributed by atoms with Crippen molar-refractivity contribution < 1.29 is 9.66 Å². The van der Waals surface area contributed by atoms with Crippen molar-refractivity contribution in [2.75, 3.05) is 6.61 Å². The normalized spacial score (nSPS) is 12.1. The molecule has 0 saturated carbocycles. The molecular weight excluding hydrogens is 206 g/mol. The van der Waals surface area contributed by atoms with Gasteiger partial charge < -0.3 is 4.74 Å².